The molecule has 0 saturated carbocycles. The smallest absolute Gasteiger partial charge is 0.211 e. The van der Waals surface area contributed by atoms with Gasteiger partial charge >= 0.3 is 0 Å². The van der Waals surface area contributed by atoms with Crippen LogP contribution in [0.5, 0.6) is 0 Å². The van der Waals surface area contributed by atoms with Crippen molar-refractivity contribution in [1.29, 1.82) is 0 Å². The second-order valence-corrected chi connectivity index (χ2v) is 6.36. The molecule has 0 radical (unpaired) electrons. The number of nitrogens with two attached hydrogens (primary N) is 1. The van der Waals surface area contributed by atoms with Crippen molar-refractivity contribution in [2.24, 2.45) is 5.14 Å². The second-order valence-electron chi connectivity index (χ2n) is 4.38. The molecule has 1 saturated heterocycles. The third-order valence-electron chi connectivity index (χ3n) is 2.75. The van der Waals surface area contributed by atoms with Gasteiger partial charge in [-0.25, -0.2) is 13.6 Å². The summed E-state index contributed by atoms with van der Waals surface area (Å²) >= 11 is 0. The molecule has 0 bridgehead atoms. The summed E-state index contributed by atoms with van der Waals surface area (Å²) in [6.07, 6.45) is 3.12. The van der Waals surface area contributed by atoms with Gasteiger partial charge in [0, 0.05) is 6.61 Å². The number of hydrogen-bond acceptors (Lipinski definition) is 4. The zero-order chi connectivity index (χ0) is 12.2. The minimum Gasteiger partial charge on any atom is -0.353 e. The Kier molecular flexibility index (Phi) is 5.17. The minimum atomic E-state index is -3.46. The van der Waals surface area contributed by atoms with Gasteiger partial charge < -0.3 is 9.47 Å². The number of hydrogen-bond donors (Lipinski definition) is 1. The van der Waals surface area contributed by atoms with E-state index in [1.165, 1.54) is 0 Å². The van der Waals surface area contributed by atoms with E-state index in [1.54, 1.807) is 6.92 Å². The lowest BCUT2D eigenvalue weighted by Gasteiger charge is -2.26. The zero-order valence-corrected chi connectivity index (χ0v) is 10.7. The van der Waals surface area contributed by atoms with Gasteiger partial charge in [-0.15, -0.1) is 0 Å². The van der Waals surface area contributed by atoms with Crippen LogP contribution in [0.1, 0.15) is 39.5 Å². The van der Waals surface area contributed by atoms with Gasteiger partial charge in [0.15, 0.2) is 6.29 Å². The molecule has 1 aliphatic rings. The van der Waals surface area contributed by atoms with Gasteiger partial charge in [-0.05, 0) is 39.5 Å². The Hall–Kier alpha value is -0.170. The van der Waals surface area contributed by atoms with Gasteiger partial charge in [0.25, 0.3) is 0 Å². The van der Waals surface area contributed by atoms with Crippen molar-refractivity contribution < 1.29 is 17.9 Å². The third-order valence-corrected chi connectivity index (χ3v) is 4.06. The van der Waals surface area contributed by atoms with Crippen LogP contribution in [0.4, 0.5) is 0 Å². The Morgan fingerprint density at radius 1 is 1.44 bits per heavy atom. The highest BCUT2D eigenvalue weighted by Crippen LogP contribution is 2.17. The van der Waals surface area contributed by atoms with Crippen LogP contribution in [-0.4, -0.2) is 32.7 Å². The van der Waals surface area contributed by atoms with E-state index in [-0.39, 0.29) is 12.4 Å². The monoisotopic (exact) mass is 251 g/mol. The summed E-state index contributed by atoms with van der Waals surface area (Å²) in [6, 6.07) is 0. The normalized spacial score (nSPS) is 26.3. The highest BCUT2D eigenvalue weighted by molar-refractivity contribution is 7.89. The Bertz CT molecular complexity index is 298. The molecule has 0 spiro atoms. The predicted molar refractivity (Wildman–Crippen MR) is 61.3 cm³/mol. The van der Waals surface area contributed by atoms with E-state index in [1.807, 2.05) is 6.92 Å². The van der Waals surface area contributed by atoms with E-state index >= 15 is 0 Å². The van der Waals surface area contributed by atoms with Crippen LogP contribution >= 0.6 is 0 Å². The Labute approximate surface area is 97.3 Å². The van der Waals surface area contributed by atoms with E-state index < -0.39 is 15.3 Å². The van der Waals surface area contributed by atoms with Gasteiger partial charge in [-0.1, -0.05) is 0 Å². The minimum absolute atomic E-state index is 0.156. The van der Waals surface area contributed by atoms with Crippen LogP contribution in [-0.2, 0) is 19.5 Å². The summed E-state index contributed by atoms with van der Waals surface area (Å²) in [5.74, 6) is 0. The Morgan fingerprint density at radius 2 is 2.12 bits per heavy atom. The van der Waals surface area contributed by atoms with Gasteiger partial charge in [-0.3, -0.25) is 0 Å². The summed E-state index contributed by atoms with van der Waals surface area (Å²) in [7, 11) is -3.46. The summed E-state index contributed by atoms with van der Waals surface area (Å²) in [5, 5.41) is 4.47. The molecular formula is C10H21NO4S. The average Bonchev–Trinajstić information content (AvgIpc) is 2.17. The number of ether oxygens (including phenoxy) is 2. The van der Waals surface area contributed by atoms with Crippen LogP contribution in [0.15, 0.2) is 0 Å². The van der Waals surface area contributed by atoms with E-state index in [0.29, 0.717) is 6.42 Å². The molecule has 1 fully saturated rings. The molecule has 3 atom stereocenters. The molecule has 2 N–H and O–H groups in total. The summed E-state index contributed by atoms with van der Waals surface area (Å²) < 4.78 is 33.1. The molecule has 5 nitrogen and oxygen atoms in total. The molecule has 96 valence electrons. The Morgan fingerprint density at radius 3 is 2.62 bits per heavy atom. The quantitative estimate of drug-likeness (QED) is 0.790. The lowest BCUT2D eigenvalue weighted by atomic mass is 10.2. The van der Waals surface area contributed by atoms with Gasteiger partial charge in [0.2, 0.25) is 10.0 Å². The van der Waals surface area contributed by atoms with Crippen LogP contribution in [0.25, 0.3) is 0 Å². The van der Waals surface area contributed by atoms with Crippen molar-refractivity contribution in [3.8, 4) is 0 Å². The number of sulfonamides is 1. The third kappa shape index (κ3) is 4.78. The van der Waals surface area contributed by atoms with E-state index in [0.717, 1.165) is 25.9 Å². The summed E-state index contributed by atoms with van der Waals surface area (Å²) in [4.78, 5) is 0. The summed E-state index contributed by atoms with van der Waals surface area (Å²) in [6.45, 7) is 4.17. The fourth-order valence-corrected chi connectivity index (χ4v) is 2.27. The topological polar surface area (TPSA) is 78.6 Å². The standard InChI is InChI=1S/C10H21NO4S/c1-8(7-9(2)16(11,12)13)15-10-5-3-4-6-14-10/h8-10H,3-7H2,1-2H3,(H2,11,12,13). The average molecular weight is 251 g/mol. The molecule has 16 heavy (non-hydrogen) atoms. The van der Waals surface area contributed by atoms with Crippen molar-refractivity contribution in [2.75, 3.05) is 6.61 Å². The van der Waals surface area contributed by atoms with Crippen LogP contribution in [0, 0.1) is 0 Å². The van der Waals surface area contributed by atoms with E-state index in [4.69, 9.17) is 14.6 Å². The molecule has 1 aliphatic heterocycles. The summed E-state index contributed by atoms with van der Waals surface area (Å²) in [5.41, 5.74) is 0. The first-order chi connectivity index (χ1) is 7.39. The largest absolute Gasteiger partial charge is 0.353 e. The molecule has 0 aromatic carbocycles. The van der Waals surface area contributed by atoms with Gasteiger partial charge in [-0.2, -0.15) is 0 Å². The Balaban J connectivity index is 2.32. The fourth-order valence-electron chi connectivity index (χ4n) is 1.73. The molecule has 0 amide bonds. The predicted octanol–water partition coefficient (Wildman–Crippen LogP) is 0.985. The molecule has 6 heteroatoms. The van der Waals surface area contributed by atoms with Crippen LogP contribution < -0.4 is 5.14 Å². The second kappa shape index (κ2) is 5.95. The van der Waals surface area contributed by atoms with Crippen LogP contribution in [0.3, 0.4) is 0 Å². The first-order valence-electron chi connectivity index (χ1n) is 5.68. The molecular weight excluding hydrogens is 230 g/mol. The highest BCUT2D eigenvalue weighted by atomic mass is 32.2. The lowest BCUT2D eigenvalue weighted by molar-refractivity contribution is -0.185. The molecule has 3 unspecified atom stereocenters. The van der Waals surface area contributed by atoms with Crippen molar-refractivity contribution in [2.45, 2.75) is 57.2 Å². The first-order valence-corrected chi connectivity index (χ1v) is 7.29. The zero-order valence-electron chi connectivity index (χ0n) is 9.89. The maximum atomic E-state index is 11.0. The van der Waals surface area contributed by atoms with E-state index in [9.17, 15) is 8.42 Å². The molecule has 1 heterocycles. The SMILES string of the molecule is CC(CC(C)S(N)(=O)=O)OC1CCCCO1. The molecule has 0 aliphatic carbocycles. The van der Waals surface area contributed by atoms with Crippen LogP contribution in [0.2, 0.25) is 0 Å². The molecule has 0 aromatic heterocycles. The molecule has 0 aromatic rings. The van der Waals surface area contributed by atoms with E-state index in [2.05, 4.69) is 0 Å². The maximum Gasteiger partial charge on any atom is 0.211 e. The van der Waals surface area contributed by atoms with Crippen molar-refractivity contribution in [3.63, 3.8) is 0 Å². The van der Waals surface area contributed by atoms with Crippen molar-refractivity contribution >= 4 is 10.0 Å². The van der Waals surface area contributed by atoms with Crippen molar-refractivity contribution in [3.05, 3.63) is 0 Å². The maximum absolute atomic E-state index is 11.0. The number of primary sulfonamides is 1. The highest BCUT2D eigenvalue weighted by Gasteiger charge is 2.22. The lowest BCUT2D eigenvalue weighted by Crippen LogP contribution is -2.32. The van der Waals surface area contributed by atoms with Gasteiger partial charge in [0.05, 0.1) is 11.4 Å². The number of rotatable bonds is 5. The first kappa shape index (κ1) is 13.9. The fraction of sp³-hybridized carbons (Fsp3) is 1.00. The van der Waals surface area contributed by atoms with Gasteiger partial charge in [0.1, 0.15) is 0 Å². The van der Waals surface area contributed by atoms with Crippen molar-refractivity contribution in [1.82, 2.24) is 0 Å². The molecule has 1 rings (SSSR count).